The first-order valence-electron chi connectivity index (χ1n) is 5.13. The number of carbonyl (C=O) groups is 1. The lowest BCUT2D eigenvalue weighted by molar-refractivity contribution is 0.0913. The van der Waals surface area contributed by atoms with Crippen LogP contribution < -0.4 is 0 Å². The van der Waals surface area contributed by atoms with Gasteiger partial charge in [0, 0.05) is 26.3 Å². The predicted octanol–water partition coefficient (Wildman–Crippen LogP) is 1.62. The fourth-order valence-corrected chi connectivity index (χ4v) is 1.66. The Labute approximate surface area is 108 Å². The van der Waals surface area contributed by atoms with Crippen molar-refractivity contribution in [1.82, 2.24) is 14.7 Å². The second-order valence-corrected chi connectivity index (χ2v) is 4.52. The Hall–Kier alpha value is -1.08. The number of ether oxygens (including phenoxy) is 1. The van der Waals surface area contributed by atoms with Gasteiger partial charge in [0.25, 0.3) is 0 Å². The summed E-state index contributed by atoms with van der Waals surface area (Å²) in [5, 5.41) is 12.9. The second-order valence-electron chi connectivity index (χ2n) is 3.73. The minimum atomic E-state index is -0.955. The molecule has 0 saturated carbocycles. The molecule has 1 heterocycles. The zero-order valence-corrected chi connectivity index (χ0v) is 11.7. The minimum Gasteiger partial charge on any atom is -0.465 e. The van der Waals surface area contributed by atoms with E-state index in [2.05, 4.69) is 21.0 Å². The fourth-order valence-electron chi connectivity index (χ4n) is 1.21. The summed E-state index contributed by atoms with van der Waals surface area (Å²) in [7, 11) is 3.37. The van der Waals surface area contributed by atoms with E-state index in [1.165, 1.54) is 11.9 Å². The molecular weight excluding hydrogens is 290 g/mol. The highest BCUT2D eigenvalue weighted by Gasteiger charge is 2.10. The van der Waals surface area contributed by atoms with Gasteiger partial charge in [-0.2, -0.15) is 5.10 Å². The van der Waals surface area contributed by atoms with E-state index in [0.29, 0.717) is 19.8 Å². The van der Waals surface area contributed by atoms with E-state index in [4.69, 9.17) is 9.84 Å². The monoisotopic (exact) mass is 305 g/mol. The summed E-state index contributed by atoms with van der Waals surface area (Å²) in [4.78, 5) is 11.7. The normalized spacial score (nSPS) is 10.6. The Morgan fingerprint density at radius 3 is 2.76 bits per heavy atom. The number of aromatic nitrogens is 2. The number of hydrogen-bond donors (Lipinski definition) is 1. The van der Waals surface area contributed by atoms with E-state index in [1.54, 1.807) is 4.68 Å². The van der Waals surface area contributed by atoms with Crippen LogP contribution in [0.5, 0.6) is 0 Å². The van der Waals surface area contributed by atoms with Crippen LogP contribution in [0.15, 0.2) is 4.47 Å². The van der Waals surface area contributed by atoms with Gasteiger partial charge in [-0.25, -0.2) is 4.79 Å². The third-order valence-electron chi connectivity index (χ3n) is 2.46. The zero-order valence-electron chi connectivity index (χ0n) is 10.1. The highest BCUT2D eigenvalue weighted by Crippen LogP contribution is 2.20. The average Bonchev–Trinajstić information content (AvgIpc) is 2.52. The van der Waals surface area contributed by atoms with Gasteiger partial charge < -0.3 is 14.7 Å². The number of halogens is 1. The number of hydrogen-bond acceptors (Lipinski definition) is 3. The number of rotatable bonds is 5. The van der Waals surface area contributed by atoms with Crippen molar-refractivity contribution >= 4 is 22.0 Å². The predicted molar refractivity (Wildman–Crippen MR) is 66.0 cm³/mol. The Balaban J connectivity index is 2.36. The van der Waals surface area contributed by atoms with E-state index in [-0.39, 0.29) is 0 Å². The lowest BCUT2D eigenvalue weighted by Crippen LogP contribution is -2.28. The molecule has 7 heteroatoms. The quantitative estimate of drug-likeness (QED) is 0.839. The van der Waals surface area contributed by atoms with Crippen LogP contribution in [0.4, 0.5) is 4.79 Å². The van der Waals surface area contributed by atoms with Gasteiger partial charge in [0.1, 0.15) is 5.69 Å². The largest absolute Gasteiger partial charge is 0.465 e. The third kappa shape index (κ3) is 3.71. The van der Waals surface area contributed by atoms with Crippen molar-refractivity contribution in [3.05, 3.63) is 15.9 Å². The molecule has 0 fully saturated rings. The van der Waals surface area contributed by atoms with Gasteiger partial charge in [-0.05, 0) is 22.9 Å². The first kappa shape index (κ1) is 14.0. The highest BCUT2D eigenvalue weighted by molar-refractivity contribution is 9.10. The van der Waals surface area contributed by atoms with Crippen molar-refractivity contribution in [1.29, 1.82) is 0 Å². The van der Waals surface area contributed by atoms with Gasteiger partial charge in [0.2, 0.25) is 0 Å². The van der Waals surface area contributed by atoms with Crippen LogP contribution in [0.2, 0.25) is 0 Å². The number of nitrogens with zero attached hydrogens (tertiary/aromatic N) is 3. The van der Waals surface area contributed by atoms with Gasteiger partial charge in [0.05, 0.1) is 17.7 Å². The molecule has 1 amide bonds. The summed E-state index contributed by atoms with van der Waals surface area (Å²) >= 11 is 3.44. The lowest BCUT2D eigenvalue weighted by Gasteiger charge is -2.12. The van der Waals surface area contributed by atoms with Crippen LogP contribution in [-0.2, 0) is 18.4 Å². The van der Waals surface area contributed by atoms with E-state index < -0.39 is 6.09 Å². The van der Waals surface area contributed by atoms with E-state index in [0.717, 1.165) is 15.9 Å². The highest BCUT2D eigenvalue weighted by atomic mass is 79.9. The van der Waals surface area contributed by atoms with Crippen LogP contribution >= 0.6 is 15.9 Å². The van der Waals surface area contributed by atoms with Crippen molar-refractivity contribution in [3.63, 3.8) is 0 Å². The Morgan fingerprint density at radius 2 is 2.29 bits per heavy atom. The molecular formula is C10H16BrN3O3. The standard InChI is InChI=1S/C10H16BrN3O3/c1-7-9(11)8(12-14(7)3)6-17-5-4-13(2)10(15)16/h4-6H2,1-3H3,(H,15,16). The Morgan fingerprint density at radius 1 is 1.65 bits per heavy atom. The van der Waals surface area contributed by atoms with E-state index >= 15 is 0 Å². The summed E-state index contributed by atoms with van der Waals surface area (Å²) in [6.07, 6.45) is -0.955. The molecule has 1 rings (SSSR count). The smallest absolute Gasteiger partial charge is 0.407 e. The lowest BCUT2D eigenvalue weighted by atomic mass is 10.4. The Bertz CT molecular complexity index is 406. The summed E-state index contributed by atoms with van der Waals surface area (Å²) < 4.78 is 8.09. The summed E-state index contributed by atoms with van der Waals surface area (Å²) in [5.41, 5.74) is 1.86. The molecule has 0 spiro atoms. The average molecular weight is 306 g/mol. The molecule has 96 valence electrons. The first-order chi connectivity index (χ1) is 7.93. The second kappa shape index (κ2) is 6.02. The molecule has 0 unspecified atom stereocenters. The Kier molecular flexibility index (Phi) is 4.95. The fraction of sp³-hybridized carbons (Fsp3) is 0.600. The number of aryl methyl sites for hydroxylation is 1. The molecule has 0 atom stereocenters. The summed E-state index contributed by atoms with van der Waals surface area (Å²) in [5.74, 6) is 0. The SMILES string of the molecule is Cc1c(Br)c(COCCN(C)C(=O)O)nn1C. The maximum Gasteiger partial charge on any atom is 0.407 e. The minimum absolute atomic E-state index is 0.346. The maximum absolute atomic E-state index is 10.5. The van der Waals surface area contributed by atoms with Crippen molar-refractivity contribution in [2.75, 3.05) is 20.2 Å². The maximum atomic E-state index is 10.5. The third-order valence-corrected chi connectivity index (χ3v) is 3.50. The molecule has 17 heavy (non-hydrogen) atoms. The van der Waals surface area contributed by atoms with Crippen LogP contribution in [0.3, 0.4) is 0 Å². The molecule has 0 saturated heterocycles. The van der Waals surface area contributed by atoms with Gasteiger partial charge in [-0.3, -0.25) is 4.68 Å². The number of likely N-dealkylation sites (N-methyl/N-ethyl adjacent to an activating group) is 1. The topological polar surface area (TPSA) is 67.6 Å². The van der Waals surface area contributed by atoms with Gasteiger partial charge in [0.15, 0.2) is 0 Å². The van der Waals surface area contributed by atoms with E-state index in [1.807, 2.05) is 14.0 Å². The van der Waals surface area contributed by atoms with Crippen molar-refractivity contribution in [3.8, 4) is 0 Å². The molecule has 1 aromatic rings. The summed E-state index contributed by atoms with van der Waals surface area (Å²) in [6.45, 7) is 3.03. The molecule has 0 aliphatic carbocycles. The van der Waals surface area contributed by atoms with Gasteiger partial charge in [-0.15, -0.1) is 0 Å². The number of amides is 1. The molecule has 6 nitrogen and oxygen atoms in total. The van der Waals surface area contributed by atoms with Crippen LogP contribution in [0, 0.1) is 6.92 Å². The first-order valence-corrected chi connectivity index (χ1v) is 5.92. The van der Waals surface area contributed by atoms with Crippen LogP contribution in [-0.4, -0.2) is 46.1 Å². The van der Waals surface area contributed by atoms with Gasteiger partial charge >= 0.3 is 6.09 Å². The molecule has 1 aromatic heterocycles. The van der Waals surface area contributed by atoms with Crippen molar-refractivity contribution in [2.24, 2.45) is 7.05 Å². The van der Waals surface area contributed by atoms with Crippen LogP contribution in [0.1, 0.15) is 11.4 Å². The van der Waals surface area contributed by atoms with E-state index in [9.17, 15) is 4.79 Å². The van der Waals surface area contributed by atoms with Crippen molar-refractivity contribution in [2.45, 2.75) is 13.5 Å². The molecule has 0 radical (unpaired) electrons. The molecule has 0 aromatic carbocycles. The zero-order chi connectivity index (χ0) is 13.0. The van der Waals surface area contributed by atoms with Gasteiger partial charge in [-0.1, -0.05) is 0 Å². The number of carboxylic acid groups (broad SMARTS) is 1. The molecule has 0 aliphatic heterocycles. The van der Waals surface area contributed by atoms with Crippen LogP contribution in [0.25, 0.3) is 0 Å². The molecule has 1 N–H and O–H groups in total. The van der Waals surface area contributed by atoms with Crippen molar-refractivity contribution < 1.29 is 14.6 Å². The molecule has 0 bridgehead atoms. The molecule has 0 aliphatic rings. The summed E-state index contributed by atoms with van der Waals surface area (Å²) in [6, 6.07) is 0.